The minimum atomic E-state index is 0.0754. The SMILES string of the molecule is COc1ccc(NCC(=O)c2ccccc2)cc1. The fourth-order valence-corrected chi connectivity index (χ4v) is 1.62. The molecule has 0 fully saturated rings. The lowest BCUT2D eigenvalue weighted by Gasteiger charge is -2.06. The highest BCUT2D eigenvalue weighted by Crippen LogP contribution is 2.14. The number of methoxy groups -OCH3 is 1. The van der Waals surface area contributed by atoms with Crippen molar-refractivity contribution in [2.75, 3.05) is 19.0 Å². The first-order chi connectivity index (χ1) is 8.79. The molecule has 2 rings (SSSR count). The molecule has 0 radical (unpaired) electrons. The molecule has 0 heterocycles. The molecule has 0 aliphatic carbocycles. The average molecular weight is 241 g/mol. The fraction of sp³-hybridized carbons (Fsp3) is 0.133. The van der Waals surface area contributed by atoms with Gasteiger partial charge in [0.15, 0.2) is 5.78 Å². The molecule has 0 atom stereocenters. The van der Waals surface area contributed by atoms with E-state index in [0.29, 0.717) is 0 Å². The lowest BCUT2D eigenvalue weighted by atomic mass is 10.1. The van der Waals surface area contributed by atoms with Crippen LogP contribution in [0.25, 0.3) is 0 Å². The van der Waals surface area contributed by atoms with Crippen LogP contribution in [0.3, 0.4) is 0 Å². The third-order valence-corrected chi connectivity index (χ3v) is 2.64. The Morgan fingerprint density at radius 1 is 1.06 bits per heavy atom. The van der Waals surface area contributed by atoms with Gasteiger partial charge in [0, 0.05) is 11.3 Å². The van der Waals surface area contributed by atoms with Crippen molar-refractivity contribution in [2.24, 2.45) is 0 Å². The van der Waals surface area contributed by atoms with E-state index in [-0.39, 0.29) is 12.3 Å². The van der Waals surface area contributed by atoms with E-state index in [9.17, 15) is 4.79 Å². The zero-order chi connectivity index (χ0) is 12.8. The van der Waals surface area contributed by atoms with Crippen molar-refractivity contribution >= 4 is 11.5 Å². The van der Waals surface area contributed by atoms with Crippen molar-refractivity contribution in [2.45, 2.75) is 0 Å². The second kappa shape index (κ2) is 5.87. The van der Waals surface area contributed by atoms with Gasteiger partial charge in [0.1, 0.15) is 5.75 Å². The van der Waals surface area contributed by atoms with Crippen LogP contribution in [0, 0.1) is 0 Å². The van der Waals surface area contributed by atoms with Gasteiger partial charge >= 0.3 is 0 Å². The van der Waals surface area contributed by atoms with Crippen molar-refractivity contribution in [3.63, 3.8) is 0 Å². The van der Waals surface area contributed by atoms with E-state index in [2.05, 4.69) is 5.32 Å². The van der Waals surface area contributed by atoms with Gasteiger partial charge in [-0.05, 0) is 24.3 Å². The summed E-state index contributed by atoms with van der Waals surface area (Å²) in [6.45, 7) is 0.288. The van der Waals surface area contributed by atoms with Crippen LogP contribution in [0.4, 0.5) is 5.69 Å². The highest BCUT2D eigenvalue weighted by atomic mass is 16.5. The average Bonchev–Trinajstić information content (AvgIpc) is 2.46. The highest BCUT2D eigenvalue weighted by Gasteiger charge is 2.04. The number of rotatable bonds is 5. The van der Waals surface area contributed by atoms with Gasteiger partial charge in [0.05, 0.1) is 13.7 Å². The molecule has 0 saturated heterocycles. The maximum atomic E-state index is 11.9. The van der Waals surface area contributed by atoms with Crippen molar-refractivity contribution < 1.29 is 9.53 Å². The molecule has 92 valence electrons. The summed E-state index contributed by atoms with van der Waals surface area (Å²) in [7, 11) is 1.63. The fourth-order valence-electron chi connectivity index (χ4n) is 1.62. The Balaban J connectivity index is 1.93. The molecule has 1 N–H and O–H groups in total. The first-order valence-corrected chi connectivity index (χ1v) is 5.76. The van der Waals surface area contributed by atoms with Crippen molar-refractivity contribution in [1.82, 2.24) is 0 Å². The Morgan fingerprint density at radius 3 is 2.33 bits per heavy atom. The number of carbonyl (C=O) groups is 1. The maximum absolute atomic E-state index is 11.9. The van der Waals surface area contributed by atoms with Crippen LogP contribution in [0.1, 0.15) is 10.4 Å². The second-order valence-electron chi connectivity index (χ2n) is 3.87. The number of hydrogen-bond donors (Lipinski definition) is 1. The van der Waals surface area contributed by atoms with Crippen LogP contribution in [-0.2, 0) is 0 Å². The quantitative estimate of drug-likeness (QED) is 0.818. The number of nitrogens with one attached hydrogen (secondary N) is 1. The molecule has 0 amide bonds. The number of Topliss-reactive ketones (excluding diaryl/α,β-unsaturated/α-hetero) is 1. The van der Waals surface area contributed by atoms with E-state index in [4.69, 9.17) is 4.74 Å². The van der Waals surface area contributed by atoms with E-state index >= 15 is 0 Å². The van der Waals surface area contributed by atoms with Crippen molar-refractivity contribution in [3.05, 3.63) is 60.2 Å². The summed E-state index contributed by atoms with van der Waals surface area (Å²) >= 11 is 0. The summed E-state index contributed by atoms with van der Waals surface area (Å²) in [4.78, 5) is 11.9. The van der Waals surface area contributed by atoms with Gasteiger partial charge in [0.25, 0.3) is 0 Å². The Hall–Kier alpha value is -2.29. The molecular formula is C15H15NO2. The van der Waals surface area contributed by atoms with E-state index in [1.54, 1.807) is 7.11 Å². The highest BCUT2D eigenvalue weighted by molar-refractivity contribution is 5.98. The Labute approximate surface area is 106 Å². The Bertz CT molecular complexity index is 506. The summed E-state index contributed by atoms with van der Waals surface area (Å²) in [6.07, 6.45) is 0. The van der Waals surface area contributed by atoms with Crippen LogP contribution in [0.15, 0.2) is 54.6 Å². The molecule has 3 heteroatoms. The van der Waals surface area contributed by atoms with E-state index in [0.717, 1.165) is 17.0 Å². The van der Waals surface area contributed by atoms with Gasteiger partial charge in [-0.2, -0.15) is 0 Å². The van der Waals surface area contributed by atoms with E-state index < -0.39 is 0 Å². The number of hydrogen-bond acceptors (Lipinski definition) is 3. The predicted molar refractivity (Wildman–Crippen MR) is 72.3 cm³/mol. The Kier molecular flexibility index (Phi) is 3.97. The number of anilines is 1. The first-order valence-electron chi connectivity index (χ1n) is 5.76. The molecule has 18 heavy (non-hydrogen) atoms. The van der Waals surface area contributed by atoms with Crippen LogP contribution in [0.5, 0.6) is 5.75 Å². The predicted octanol–water partition coefficient (Wildman–Crippen LogP) is 2.99. The van der Waals surface area contributed by atoms with Crippen LogP contribution >= 0.6 is 0 Å². The molecule has 0 saturated carbocycles. The van der Waals surface area contributed by atoms with Crippen molar-refractivity contribution in [1.29, 1.82) is 0 Å². The molecule has 0 bridgehead atoms. The summed E-state index contributed by atoms with van der Waals surface area (Å²) in [5, 5.41) is 3.09. The largest absolute Gasteiger partial charge is 0.497 e. The monoisotopic (exact) mass is 241 g/mol. The van der Waals surface area contributed by atoms with Gasteiger partial charge in [-0.15, -0.1) is 0 Å². The number of benzene rings is 2. The number of carbonyl (C=O) groups excluding carboxylic acids is 1. The van der Waals surface area contributed by atoms with E-state index in [1.807, 2.05) is 54.6 Å². The lowest BCUT2D eigenvalue weighted by molar-refractivity contribution is 0.101. The summed E-state index contributed by atoms with van der Waals surface area (Å²) < 4.78 is 5.07. The third kappa shape index (κ3) is 3.10. The molecule has 3 nitrogen and oxygen atoms in total. The lowest BCUT2D eigenvalue weighted by Crippen LogP contribution is -2.13. The number of ether oxygens (including phenoxy) is 1. The summed E-state index contributed by atoms with van der Waals surface area (Å²) in [5.74, 6) is 0.876. The number of ketones is 1. The van der Waals surface area contributed by atoms with Crippen LogP contribution in [0.2, 0.25) is 0 Å². The smallest absolute Gasteiger partial charge is 0.181 e. The maximum Gasteiger partial charge on any atom is 0.181 e. The van der Waals surface area contributed by atoms with Gasteiger partial charge < -0.3 is 10.1 Å². The van der Waals surface area contributed by atoms with Gasteiger partial charge in [0.2, 0.25) is 0 Å². The molecule has 0 unspecified atom stereocenters. The molecule has 0 aliphatic rings. The molecular weight excluding hydrogens is 226 g/mol. The zero-order valence-electron chi connectivity index (χ0n) is 10.2. The Morgan fingerprint density at radius 2 is 1.72 bits per heavy atom. The van der Waals surface area contributed by atoms with Crippen LogP contribution in [-0.4, -0.2) is 19.4 Å². The molecule has 0 spiro atoms. The normalized spacial score (nSPS) is 9.83. The second-order valence-corrected chi connectivity index (χ2v) is 3.87. The molecule has 2 aromatic carbocycles. The van der Waals surface area contributed by atoms with Gasteiger partial charge in [-0.1, -0.05) is 30.3 Å². The van der Waals surface area contributed by atoms with Crippen LogP contribution < -0.4 is 10.1 Å². The molecule has 0 aliphatic heterocycles. The molecule has 0 aromatic heterocycles. The minimum Gasteiger partial charge on any atom is -0.497 e. The van der Waals surface area contributed by atoms with Gasteiger partial charge in [-0.25, -0.2) is 0 Å². The van der Waals surface area contributed by atoms with Gasteiger partial charge in [-0.3, -0.25) is 4.79 Å². The topological polar surface area (TPSA) is 38.3 Å². The zero-order valence-corrected chi connectivity index (χ0v) is 10.2. The summed E-state index contributed by atoms with van der Waals surface area (Å²) in [5.41, 5.74) is 1.62. The summed E-state index contributed by atoms with van der Waals surface area (Å²) in [6, 6.07) is 16.7. The van der Waals surface area contributed by atoms with E-state index in [1.165, 1.54) is 0 Å². The van der Waals surface area contributed by atoms with Crippen molar-refractivity contribution in [3.8, 4) is 5.75 Å². The minimum absolute atomic E-state index is 0.0754. The third-order valence-electron chi connectivity index (χ3n) is 2.64. The molecule has 2 aromatic rings. The standard InChI is InChI=1S/C15H15NO2/c1-18-14-9-7-13(8-10-14)16-11-15(17)12-5-3-2-4-6-12/h2-10,16H,11H2,1H3. The first kappa shape index (κ1) is 12.2.